The lowest BCUT2D eigenvalue weighted by Crippen LogP contribution is -2.63. The molecule has 120 valence electrons. The highest BCUT2D eigenvalue weighted by molar-refractivity contribution is 7.98. The van der Waals surface area contributed by atoms with Crippen molar-refractivity contribution in [3.8, 4) is 0 Å². The van der Waals surface area contributed by atoms with Crippen molar-refractivity contribution in [2.45, 2.75) is 11.3 Å². The molecule has 1 atom stereocenters. The second kappa shape index (κ2) is 7.62. The second-order valence-corrected chi connectivity index (χ2v) is 6.15. The molecule has 3 N–H and O–H groups in total. The van der Waals surface area contributed by atoms with E-state index < -0.39 is 17.4 Å². The molecule has 1 heterocycles. The molecule has 1 aliphatic heterocycles. The Hall–Kier alpha value is -1.57. The number of aliphatic carboxylic acids is 1. The summed E-state index contributed by atoms with van der Waals surface area (Å²) in [6.07, 6.45) is 0. The fourth-order valence-electron chi connectivity index (χ4n) is 2.17. The number of nitrogens with zero attached hydrogens (tertiary/aromatic N) is 1. The van der Waals surface area contributed by atoms with E-state index in [1.54, 1.807) is 0 Å². The fraction of sp³-hybridized carbons (Fsp3) is 0.467. The molecule has 6 nitrogen and oxygen atoms in total. The summed E-state index contributed by atoms with van der Waals surface area (Å²) in [4.78, 5) is 25.5. The number of benzene rings is 1. The van der Waals surface area contributed by atoms with Crippen LogP contribution in [0, 0.1) is 0 Å². The van der Waals surface area contributed by atoms with E-state index in [0.29, 0.717) is 32.1 Å². The molecule has 22 heavy (non-hydrogen) atoms. The number of thioether (sulfide) groups is 1. The number of carboxylic acid groups (broad SMARTS) is 1. The van der Waals surface area contributed by atoms with E-state index >= 15 is 0 Å². The van der Waals surface area contributed by atoms with Crippen molar-refractivity contribution in [2.24, 2.45) is 5.73 Å². The van der Waals surface area contributed by atoms with Crippen molar-refractivity contribution < 1.29 is 19.4 Å². The molecule has 0 aliphatic carbocycles. The molecule has 1 aliphatic rings. The minimum Gasteiger partial charge on any atom is -0.479 e. The van der Waals surface area contributed by atoms with Crippen LogP contribution < -0.4 is 5.73 Å². The van der Waals surface area contributed by atoms with Crippen LogP contribution in [0.15, 0.2) is 30.3 Å². The average Bonchev–Trinajstić information content (AvgIpc) is 2.55. The number of carbonyl (C=O) groups is 2. The summed E-state index contributed by atoms with van der Waals surface area (Å²) in [6.45, 7) is 1.60. The van der Waals surface area contributed by atoms with Crippen molar-refractivity contribution in [1.82, 2.24) is 4.90 Å². The van der Waals surface area contributed by atoms with E-state index in [2.05, 4.69) is 0 Å². The lowest BCUT2D eigenvalue weighted by atomic mass is 10.0. The zero-order valence-electron chi connectivity index (χ0n) is 12.2. The highest BCUT2D eigenvalue weighted by Gasteiger charge is 2.45. The van der Waals surface area contributed by atoms with Gasteiger partial charge < -0.3 is 20.5 Å². The maximum absolute atomic E-state index is 12.5. The van der Waals surface area contributed by atoms with Crippen molar-refractivity contribution in [3.05, 3.63) is 35.9 Å². The molecule has 1 amide bonds. The van der Waals surface area contributed by atoms with Crippen LogP contribution in [0.1, 0.15) is 5.56 Å². The smallest absolute Gasteiger partial charge is 0.334 e. The maximum atomic E-state index is 12.5. The first-order valence-corrected chi connectivity index (χ1v) is 8.20. The van der Waals surface area contributed by atoms with Gasteiger partial charge in [0.2, 0.25) is 5.54 Å². The number of carboxylic acids is 1. The molecule has 1 aromatic carbocycles. The summed E-state index contributed by atoms with van der Waals surface area (Å²) < 4.78 is 5.17. The van der Waals surface area contributed by atoms with Gasteiger partial charge in [-0.3, -0.25) is 4.79 Å². The number of hydrogen-bond acceptors (Lipinski definition) is 5. The lowest BCUT2D eigenvalue weighted by Gasteiger charge is -2.33. The van der Waals surface area contributed by atoms with Crippen LogP contribution in [0.3, 0.4) is 0 Å². The molecule has 0 aromatic heterocycles. The van der Waals surface area contributed by atoms with Gasteiger partial charge in [0.1, 0.15) is 0 Å². The first kappa shape index (κ1) is 16.8. The van der Waals surface area contributed by atoms with Crippen molar-refractivity contribution in [1.29, 1.82) is 0 Å². The molecular formula is C15H20N2O4S. The van der Waals surface area contributed by atoms with Crippen LogP contribution in [0.4, 0.5) is 0 Å². The van der Waals surface area contributed by atoms with Gasteiger partial charge in [-0.25, -0.2) is 4.79 Å². The van der Waals surface area contributed by atoms with E-state index in [1.165, 1.54) is 16.7 Å². The topological polar surface area (TPSA) is 92.9 Å². The fourth-order valence-corrected chi connectivity index (χ4v) is 3.27. The Balaban J connectivity index is 1.98. The summed E-state index contributed by atoms with van der Waals surface area (Å²) in [5, 5.41) is 9.41. The number of ether oxygens (including phenoxy) is 1. The summed E-state index contributed by atoms with van der Waals surface area (Å²) in [6, 6.07) is 9.66. The second-order valence-electron chi connectivity index (χ2n) is 5.16. The number of rotatable bonds is 6. The molecule has 1 saturated heterocycles. The molecule has 0 radical (unpaired) electrons. The third kappa shape index (κ3) is 4.00. The monoisotopic (exact) mass is 324 g/mol. The average molecular weight is 324 g/mol. The normalized spacial score (nSPS) is 17.8. The Bertz CT molecular complexity index is 520. The Morgan fingerprint density at radius 1 is 1.27 bits per heavy atom. The van der Waals surface area contributed by atoms with Gasteiger partial charge in [-0.05, 0) is 5.56 Å². The quantitative estimate of drug-likeness (QED) is 0.743. The van der Waals surface area contributed by atoms with E-state index in [0.717, 1.165) is 5.56 Å². The summed E-state index contributed by atoms with van der Waals surface area (Å²) in [7, 11) is 0. The Morgan fingerprint density at radius 3 is 2.50 bits per heavy atom. The van der Waals surface area contributed by atoms with Gasteiger partial charge in [-0.2, -0.15) is 11.8 Å². The third-order valence-electron chi connectivity index (χ3n) is 3.50. The standard InChI is InChI=1S/C15H20N2O4S/c16-15(14(19)20,13(18)17-6-8-21-9-7-17)11-22-10-12-4-2-1-3-5-12/h1-5H,6-11,16H2,(H,19,20)/t15-/m1/s1. The number of morpholine rings is 1. The predicted octanol–water partition coefficient (Wildman–Crippen LogP) is 0.561. The van der Waals surface area contributed by atoms with Gasteiger partial charge in [-0.15, -0.1) is 0 Å². The number of carbonyl (C=O) groups excluding carboxylic acids is 1. The van der Waals surface area contributed by atoms with Crippen LogP contribution in [0.2, 0.25) is 0 Å². The van der Waals surface area contributed by atoms with Crippen molar-refractivity contribution in [2.75, 3.05) is 32.1 Å². The molecule has 1 fully saturated rings. The predicted molar refractivity (Wildman–Crippen MR) is 84.6 cm³/mol. The number of hydrogen-bond donors (Lipinski definition) is 2. The minimum absolute atomic E-state index is 0.0351. The molecular weight excluding hydrogens is 304 g/mol. The Morgan fingerprint density at radius 2 is 1.91 bits per heavy atom. The molecule has 0 saturated carbocycles. The highest BCUT2D eigenvalue weighted by atomic mass is 32.2. The minimum atomic E-state index is -1.89. The Kier molecular flexibility index (Phi) is 5.82. The molecule has 0 bridgehead atoms. The first-order valence-electron chi connectivity index (χ1n) is 7.05. The van der Waals surface area contributed by atoms with Gasteiger partial charge in [0.05, 0.1) is 13.2 Å². The molecule has 0 unspecified atom stereocenters. The molecule has 0 spiro atoms. The zero-order chi connectivity index (χ0) is 16.0. The third-order valence-corrected chi connectivity index (χ3v) is 4.70. The van der Waals surface area contributed by atoms with Gasteiger partial charge >= 0.3 is 5.97 Å². The molecule has 7 heteroatoms. The van der Waals surface area contributed by atoms with Crippen molar-refractivity contribution >= 4 is 23.6 Å². The van der Waals surface area contributed by atoms with Crippen LogP contribution in [-0.4, -0.2) is 59.5 Å². The molecule has 1 aromatic rings. The maximum Gasteiger partial charge on any atom is 0.334 e. The summed E-state index contributed by atoms with van der Waals surface area (Å²) in [5.74, 6) is -1.18. The lowest BCUT2D eigenvalue weighted by molar-refractivity contribution is -0.154. The van der Waals surface area contributed by atoms with Gasteiger partial charge in [0.15, 0.2) is 0 Å². The van der Waals surface area contributed by atoms with E-state index in [4.69, 9.17) is 10.5 Å². The van der Waals surface area contributed by atoms with Gasteiger partial charge in [0.25, 0.3) is 5.91 Å². The summed E-state index contributed by atoms with van der Waals surface area (Å²) in [5.41, 5.74) is 5.10. The van der Waals surface area contributed by atoms with Crippen LogP contribution in [0.5, 0.6) is 0 Å². The number of amides is 1. The summed E-state index contributed by atoms with van der Waals surface area (Å²) >= 11 is 1.35. The van der Waals surface area contributed by atoms with Crippen LogP contribution in [-0.2, 0) is 20.1 Å². The van der Waals surface area contributed by atoms with Gasteiger partial charge in [0, 0.05) is 24.6 Å². The largest absolute Gasteiger partial charge is 0.479 e. The van der Waals surface area contributed by atoms with Crippen LogP contribution >= 0.6 is 11.8 Å². The highest BCUT2D eigenvalue weighted by Crippen LogP contribution is 2.19. The zero-order valence-corrected chi connectivity index (χ0v) is 13.1. The van der Waals surface area contributed by atoms with E-state index in [9.17, 15) is 14.7 Å². The Labute approximate surface area is 133 Å². The van der Waals surface area contributed by atoms with Crippen molar-refractivity contribution in [3.63, 3.8) is 0 Å². The van der Waals surface area contributed by atoms with E-state index in [-0.39, 0.29) is 5.75 Å². The van der Waals surface area contributed by atoms with Crippen LogP contribution in [0.25, 0.3) is 0 Å². The SMILES string of the molecule is N[C@@](CSCc1ccccc1)(C(=O)O)C(=O)N1CCOCC1. The molecule has 2 rings (SSSR count). The van der Waals surface area contributed by atoms with E-state index in [1.807, 2.05) is 30.3 Å². The van der Waals surface area contributed by atoms with Gasteiger partial charge in [-0.1, -0.05) is 30.3 Å². The number of nitrogens with two attached hydrogens (primary N) is 1. The first-order chi connectivity index (χ1) is 10.5.